The first kappa shape index (κ1) is 28.0. The number of benzene rings is 1. The highest BCUT2D eigenvalue weighted by Crippen LogP contribution is 2.38. The van der Waals surface area contributed by atoms with Gasteiger partial charge in [0.15, 0.2) is 8.32 Å². The van der Waals surface area contributed by atoms with Gasteiger partial charge >= 0.3 is 0 Å². The Kier molecular flexibility index (Phi) is 8.13. The third kappa shape index (κ3) is 6.35. The van der Waals surface area contributed by atoms with Crippen LogP contribution >= 0.6 is 0 Å². The summed E-state index contributed by atoms with van der Waals surface area (Å²) in [6.45, 7) is 16.7. The van der Waals surface area contributed by atoms with E-state index in [-0.39, 0.29) is 35.5 Å². The number of likely N-dealkylation sites (tertiary alicyclic amines) is 1. The summed E-state index contributed by atoms with van der Waals surface area (Å²) in [7, 11) is -1.95. The van der Waals surface area contributed by atoms with Crippen LogP contribution in [0.3, 0.4) is 0 Å². The molecule has 2 aliphatic rings. The molecule has 2 aromatic rings. The number of ether oxygens (including phenoxy) is 1. The molecule has 0 unspecified atom stereocenters. The second-order valence-electron chi connectivity index (χ2n) is 12.0. The molecule has 1 aromatic heterocycles. The number of anilines is 2. The number of nitrogens with zero attached hydrogens (tertiary/aromatic N) is 4. The van der Waals surface area contributed by atoms with Crippen molar-refractivity contribution in [3.8, 4) is 5.75 Å². The summed E-state index contributed by atoms with van der Waals surface area (Å²) in [5.41, 5.74) is 1.50. The molecule has 0 saturated carbocycles. The third-order valence-electron chi connectivity index (χ3n) is 7.58. The molecule has 0 bridgehead atoms. The molecule has 1 atom stereocenters. The lowest BCUT2D eigenvalue weighted by Crippen LogP contribution is -2.46. The quantitative estimate of drug-likeness (QED) is 0.493. The molecule has 1 saturated heterocycles. The molecule has 3 heterocycles. The van der Waals surface area contributed by atoms with Crippen molar-refractivity contribution in [1.82, 2.24) is 14.9 Å². The smallest absolute Gasteiger partial charge is 0.259 e. The molecule has 1 aromatic carbocycles. The summed E-state index contributed by atoms with van der Waals surface area (Å²) >= 11 is 0. The molecular formula is C28H41N5O4Si. The maximum atomic E-state index is 13.8. The Hall–Kier alpha value is -2.98. The highest BCUT2D eigenvalue weighted by atomic mass is 28.4. The van der Waals surface area contributed by atoms with Gasteiger partial charge in [-0.25, -0.2) is 4.98 Å². The fourth-order valence-corrected chi connectivity index (χ4v) is 5.82. The van der Waals surface area contributed by atoms with Gasteiger partial charge in [0.25, 0.3) is 5.91 Å². The Morgan fingerprint density at radius 3 is 2.74 bits per heavy atom. The Bertz CT molecular complexity index is 1180. The largest absolute Gasteiger partial charge is 0.493 e. The molecule has 2 aliphatic heterocycles. The van der Waals surface area contributed by atoms with E-state index in [2.05, 4.69) is 49.1 Å². The monoisotopic (exact) mass is 539 g/mol. The van der Waals surface area contributed by atoms with Crippen LogP contribution in [0.1, 0.15) is 57.0 Å². The Balaban J connectivity index is 1.54. The molecule has 1 fully saturated rings. The van der Waals surface area contributed by atoms with Crippen LogP contribution in [-0.4, -0.2) is 73.4 Å². The number of aromatic nitrogens is 2. The van der Waals surface area contributed by atoms with E-state index < -0.39 is 8.32 Å². The van der Waals surface area contributed by atoms with Crippen molar-refractivity contribution in [3.05, 3.63) is 41.6 Å². The number of rotatable bonds is 8. The van der Waals surface area contributed by atoms with Crippen LogP contribution in [-0.2, 0) is 15.6 Å². The van der Waals surface area contributed by atoms with Crippen LogP contribution in [0.25, 0.3) is 0 Å². The molecule has 2 amide bonds. The average molecular weight is 540 g/mol. The first-order valence-corrected chi connectivity index (χ1v) is 16.4. The second kappa shape index (κ2) is 11.0. The van der Waals surface area contributed by atoms with Gasteiger partial charge in [0.1, 0.15) is 18.1 Å². The van der Waals surface area contributed by atoms with Crippen molar-refractivity contribution in [2.24, 2.45) is 0 Å². The summed E-state index contributed by atoms with van der Waals surface area (Å²) in [6.07, 6.45) is 3.18. The molecule has 38 heavy (non-hydrogen) atoms. The van der Waals surface area contributed by atoms with Gasteiger partial charge in [-0.05, 0) is 68.2 Å². The van der Waals surface area contributed by atoms with E-state index in [4.69, 9.17) is 9.16 Å². The highest BCUT2D eigenvalue weighted by molar-refractivity contribution is 6.74. The number of carbonyl (C=O) groups is 2. The van der Waals surface area contributed by atoms with Crippen LogP contribution in [0, 0.1) is 0 Å². The Morgan fingerprint density at radius 2 is 2.03 bits per heavy atom. The van der Waals surface area contributed by atoms with Gasteiger partial charge in [-0.15, -0.1) is 0 Å². The predicted octanol–water partition coefficient (Wildman–Crippen LogP) is 4.50. The SMILES string of the molecule is CC(C)Nc1nccc(N(CC(=O)N2CC[C@@H](O[Si](C)(C)C(C)(C)C)C2)C(=O)c2ccc3c(c2)CCO3)n1. The molecule has 10 heteroatoms. The van der Waals surface area contributed by atoms with Crippen LogP contribution in [0.5, 0.6) is 5.75 Å². The number of nitrogens with one attached hydrogen (secondary N) is 1. The van der Waals surface area contributed by atoms with Crippen molar-refractivity contribution in [2.75, 3.05) is 36.5 Å². The average Bonchev–Trinajstić information content (AvgIpc) is 3.49. The van der Waals surface area contributed by atoms with Crippen molar-refractivity contribution < 1.29 is 18.8 Å². The van der Waals surface area contributed by atoms with E-state index in [1.165, 1.54) is 4.90 Å². The van der Waals surface area contributed by atoms with E-state index in [1.54, 1.807) is 18.3 Å². The first-order valence-electron chi connectivity index (χ1n) is 13.5. The molecule has 9 nitrogen and oxygen atoms in total. The maximum absolute atomic E-state index is 13.8. The minimum atomic E-state index is -1.95. The molecule has 0 radical (unpaired) electrons. The zero-order chi connectivity index (χ0) is 27.7. The third-order valence-corrected chi connectivity index (χ3v) is 12.1. The normalized spacial score (nSPS) is 17.4. The van der Waals surface area contributed by atoms with Gasteiger partial charge in [0.05, 0.1) is 12.7 Å². The molecular weight excluding hydrogens is 498 g/mol. The van der Waals surface area contributed by atoms with Crippen LogP contribution in [0.15, 0.2) is 30.5 Å². The van der Waals surface area contributed by atoms with Crippen LogP contribution in [0.2, 0.25) is 18.1 Å². The van der Waals surface area contributed by atoms with Gasteiger partial charge in [-0.3, -0.25) is 14.5 Å². The van der Waals surface area contributed by atoms with Crippen molar-refractivity contribution in [1.29, 1.82) is 0 Å². The van der Waals surface area contributed by atoms with E-state index in [1.807, 2.05) is 30.9 Å². The van der Waals surface area contributed by atoms with Crippen LogP contribution < -0.4 is 15.0 Å². The first-order chi connectivity index (χ1) is 17.8. The van der Waals surface area contributed by atoms with Gasteiger partial charge in [-0.2, -0.15) is 4.98 Å². The lowest BCUT2D eigenvalue weighted by molar-refractivity contribution is -0.128. The number of hydrogen-bond acceptors (Lipinski definition) is 7. The summed E-state index contributed by atoms with van der Waals surface area (Å²) < 4.78 is 12.2. The summed E-state index contributed by atoms with van der Waals surface area (Å²) in [5, 5.41) is 3.28. The van der Waals surface area contributed by atoms with Gasteiger partial charge in [0.2, 0.25) is 11.9 Å². The summed E-state index contributed by atoms with van der Waals surface area (Å²) in [5.74, 6) is 1.19. The van der Waals surface area contributed by atoms with E-state index >= 15 is 0 Å². The number of fused-ring (bicyclic) bond motifs is 1. The molecule has 0 aliphatic carbocycles. The van der Waals surface area contributed by atoms with Crippen molar-refractivity contribution in [2.45, 2.75) is 77.7 Å². The Morgan fingerprint density at radius 1 is 1.26 bits per heavy atom. The maximum Gasteiger partial charge on any atom is 0.259 e. The Labute approximate surface area is 227 Å². The predicted molar refractivity (Wildman–Crippen MR) is 151 cm³/mol. The second-order valence-corrected chi connectivity index (χ2v) is 16.7. The van der Waals surface area contributed by atoms with Crippen molar-refractivity contribution in [3.63, 3.8) is 0 Å². The lowest BCUT2D eigenvalue weighted by Gasteiger charge is -2.38. The molecule has 206 valence electrons. The van der Waals surface area contributed by atoms with E-state index in [9.17, 15) is 9.59 Å². The molecule has 1 N–H and O–H groups in total. The zero-order valence-corrected chi connectivity index (χ0v) is 24.7. The minimum absolute atomic E-state index is 0.0154. The lowest BCUT2D eigenvalue weighted by atomic mass is 10.1. The number of carbonyl (C=O) groups excluding carboxylic acids is 2. The van der Waals surface area contributed by atoms with Gasteiger partial charge in [-0.1, -0.05) is 20.8 Å². The highest BCUT2D eigenvalue weighted by Gasteiger charge is 2.41. The minimum Gasteiger partial charge on any atom is -0.493 e. The topological polar surface area (TPSA) is 96.9 Å². The summed E-state index contributed by atoms with van der Waals surface area (Å²) in [4.78, 5) is 39.4. The van der Waals surface area contributed by atoms with Crippen LogP contribution in [0.4, 0.5) is 11.8 Å². The summed E-state index contributed by atoms with van der Waals surface area (Å²) in [6, 6.07) is 7.22. The zero-order valence-electron chi connectivity index (χ0n) is 23.7. The van der Waals surface area contributed by atoms with E-state index in [0.717, 1.165) is 24.2 Å². The van der Waals surface area contributed by atoms with E-state index in [0.29, 0.717) is 37.0 Å². The number of amides is 2. The van der Waals surface area contributed by atoms with Gasteiger partial charge < -0.3 is 19.4 Å². The van der Waals surface area contributed by atoms with Crippen molar-refractivity contribution >= 4 is 31.9 Å². The fraction of sp³-hybridized carbons (Fsp3) is 0.571. The standard InChI is InChI=1S/C28H41N5O4Si/c1-19(2)30-27-29-13-10-24(31-27)33(26(35)21-8-9-23-20(16-21)12-15-36-23)18-25(34)32-14-11-22(17-32)37-38(6,7)28(3,4)5/h8-10,13,16,19,22H,11-12,14-15,17-18H2,1-7H3,(H,29,30,31)/t22-/m1/s1. The van der Waals surface area contributed by atoms with Gasteiger partial charge in [0, 0.05) is 37.3 Å². The molecule has 4 rings (SSSR count). The fourth-order valence-electron chi connectivity index (χ4n) is 4.44. The number of hydrogen-bond donors (Lipinski definition) is 1. The molecule has 0 spiro atoms.